The van der Waals surface area contributed by atoms with Crippen LogP contribution in [-0.2, 0) is 4.74 Å². The van der Waals surface area contributed by atoms with Gasteiger partial charge in [0.05, 0.1) is 17.0 Å². The molecule has 0 unspecified atom stereocenters. The van der Waals surface area contributed by atoms with Crippen LogP contribution in [0.15, 0.2) is 34.2 Å². The van der Waals surface area contributed by atoms with Crippen molar-refractivity contribution in [3.05, 3.63) is 34.6 Å². The molecule has 1 aliphatic heterocycles. The van der Waals surface area contributed by atoms with Crippen LogP contribution in [0.1, 0.15) is 19.3 Å². The van der Waals surface area contributed by atoms with E-state index >= 15 is 0 Å². The van der Waals surface area contributed by atoms with Crippen LogP contribution in [0, 0.1) is 0 Å². The lowest BCUT2D eigenvalue weighted by Crippen LogP contribution is -2.21. The van der Waals surface area contributed by atoms with Crippen molar-refractivity contribution in [3.8, 4) is 0 Å². The van der Waals surface area contributed by atoms with Gasteiger partial charge in [0.15, 0.2) is 5.16 Å². The summed E-state index contributed by atoms with van der Waals surface area (Å²) in [5.74, 6) is 0.848. The van der Waals surface area contributed by atoms with Crippen LogP contribution in [-0.4, -0.2) is 28.4 Å². The normalized spacial score (nSPS) is 19.7. The zero-order chi connectivity index (χ0) is 13.1. The maximum absolute atomic E-state index is 11.9. The number of nitrogens with zero attached hydrogens (tertiary/aromatic N) is 1. The summed E-state index contributed by atoms with van der Waals surface area (Å²) in [4.78, 5) is 19.2. The summed E-state index contributed by atoms with van der Waals surface area (Å²) in [6.07, 6.45) is 3.78. The van der Waals surface area contributed by atoms with E-state index in [1.54, 1.807) is 17.8 Å². The molecule has 0 aliphatic carbocycles. The lowest BCUT2D eigenvalue weighted by molar-refractivity contribution is 0.0315. The Kier molecular flexibility index (Phi) is 3.84. The lowest BCUT2D eigenvalue weighted by atomic mass is 10.1. The van der Waals surface area contributed by atoms with Gasteiger partial charge in [0.25, 0.3) is 5.56 Å². The Bertz CT molecular complexity index is 620. The second kappa shape index (κ2) is 5.75. The Morgan fingerprint density at radius 2 is 2.26 bits per heavy atom. The van der Waals surface area contributed by atoms with Crippen LogP contribution in [0.5, 0.6) is 0 Å². The van der Waals surface area contributed by atoms with Gasteiger partial charge in [0, 0.05) is 12.4 Å². The van der Waals surface area contributed by atoms with E-state index in [1.165, 1.54) is 6.42 Å². The minimum absolute atomic E-state index is 0.0716. The molecule has 0 radical (unpaired) electrons. The Morgan fingerprint density at radius 3 is 3.11 bits per heavy atom. The Morgan fingerprint density at radius 1 is 1.37 bits per heavy atom. The smallest absolute Gasteiger partial charge is 0.259 e. The molecular formula is C14H16N2O2S. The summed E-state index contributed by atoms with van der Waals surface area (Å²) in [5, 5.41) is 1.32. The van der Waals surface area contributed by atoms with Gasteiger partial charge < -0.3 is 9.72 Å². The predicted molar refractivity (Wildman–Crippen MR) is 76.7 cm³/mol. The van der Waals surface area contributed by atoms with Gasteiger partial charge in [-0.05, 0) is 31.4 Å². The number of hydrogen-bond acceptors (Lipinski definition) is 4. The zero-order valence-corrected chi connectivity index (χ0v) is 11.4. The fourth-order valence-corrected chi connectivity index (χ4v) is 3.18. The minimum atomic E-state index is -0.0716. The molecule has 1 fully saturated rings. The number of para-hydroxylation sites is 1. The molecule has 4 nitrogen and oxygen atoms in total. The van der Waals surface area contributed by atoms with E-state index in [0.717, 1.165) is 30.7 Å². The van der Waals surface area contributed by atoms with Gasteiger partial charge in [-0.25, -0.2) is 4.98 Å². The van der Waals surface area contributed by atoms with Crippen molar-refractivity contribution in [2.24, 2.45) is 0 Å². The number of nitrogens with one attached hydrogen (secondary N) is 1. The first-order valence-electron chi connectivity index (χ1n) is 6.56. The van der Waals surface area contributed by atoms with Gasteiger partial charge in [-0.2, -0.15) is 0 Å². The predicted octanol–water partition coefficient (Wildman–Crippen LogP) is 2.58. The van der Waals surface area contributed by atoms with E-state index in [-0.39, 0.29) is 11.7 Å². The minimum Gasteiger partial charge on any atom is -0.377 e. The van der Waals surface area contributed by atoms with E-state index in [1.807, 2.05) is 18.2 Å². The van der Waals surface area contributed by atoms with Crippen LogP contribution in [0.4, 0.5) is 0 Å². The fourth-order valence-electron chi connectivity index (χ4n) is 2.24. The Labute approximate surface area is 115 Å². The number of fused-ring (bicyclic) bond motifs is 1. The number of thioether (sulfide) groups is 1. The quantitative estimate of drug-likeness (QED) is 0.691. The number of aromatic amines is 1. The SMILES string of the molecule is O=c1[nH]c(SC[C@H]2CCCCO2)nc2ccccc12. The number of aromatic nitrogens is 2. The molecule has 100 valence electrons. The third kappa shape index (κ3) is 2.98. The van der Waals surface area contributed by atoms with Crippen molar-refractivity contribution < 1.29 is 4.74 Å². The average molecular weight is 276 g/mol. The molecule has 1 N–H and O–H groups in total. The molecule has 1 saturated heterocycles. The van der Waals surface area contributed by atoms with E-state index < -0.39 is 0 Å². The number of rotatable bonds is 3. The number of ether oxygens (including phenoxy) is 1. The first-order chi connectivity index (χ1) is 9.33. The van der Waals surface area contributed by atoms with Crippen molar-refractivity contribution in [1.82, 2.24) is 9.97 Å². The number of H-pyrrole nitrogens is 1. The first-order valence-corrected chi connectivity index (χ1v) is 7.55. The highest BCUT2D eigenvalue weighted by molar-refractivity contribution is 7.99. The highest BCUT2D eigenvalue weighted by Gasteiger charge is 2.14. The van der Waals surface area contributed by atoms with E-state index in [4.69, 9.17) is 4.74 Å². The van der Waals surface area contributed by atoms with Crippen LogP contribution in [0.25, 0.3) is 10.9 Å². The summed E-state index contributed by atoms with van der Waals surface area (Å²) in [5.41, 5.74) is 0.677. The third-order valence-corrected chi connectivity index (χ3v) is 4.28. The third-order valence-electron chi connectivity index (χ3n) is 3.27. The zero-order valence-electron chi connectivity index (χ0n) is 10.6. The highest BCUT2D eigenvalue weighted by atomic mass is 32.2. The molecule has 1 aliphatic rings. The molecule has 1 atom stereocenters. The van der Waals surface area contributed by atoms with Crippen LogP contribution < -0.4 is 5.56 Å². The molecule has 0 saturated carbocycles. The largest absolute Gasteiger partial charge is 0.377 e. The second-order valence-electron chi connectivity index (χ2n) is 4.69. The number of benzene rings is 1. The molecular weight excluding hydrogens is 260 g/mol. The molecule has 5 heteroatoms. The van der Waals surface area contributed by atoms with E-state index in [0.29, 0.717) is 10.5 Å². The summed E-state index contributed by atoms with van der Waals surface area (Å²) < 4.78 is 5.68. The van der Waals surface area contributed by atoms with Gasteiger partial charge in [0.1, 0.15) is 0 Å². The van der Waals surface area contributed by atoms with Crippen molar-refractivity contribution in [2.45, 2.75) is 30.5 Å². The lowest BCUT2D eigenvalue weighted by Gasteiger charge is -2.21. The standard InChI is InChI=1S/C14H16N2O2S/c17-13-11-6-1-2-7-12(11)15-14(16-13)19-9-10-5-3-4-8-18-10/h1-2,6-7,10H,3-5,8-9H2,(H,15,16,17)/t10-/m1/s1. The van der Waals surface area contributed by atoms with E-state index in [2.05, 4.69) is 9.97 Å². The van der Waals surface area contributed by atoms with Crippen molar-refractivity contribution in [3.63, 3.8) is 0 Å². The van der Waals surface area contributed by atoms with Crippen LogP contribution in [0.3, 0.4) is 0 Å². The molecule has 2 aromatic rings. The maximum atomic E-state index is 11.9. The number of hydrogen-bond donors (Lipinski definition) is 1. The van der Waals surface area contributed by atoms with Crippen molar-refractivity contribution in [1.29, 1.82) is 0 Å². The van der Waals surface area contributed by atoms with Crippen molar-refractivity contribution in [2.75, 3.05) is 12.4 Å². The van der Waals surface area contributed by atoms with E-state index in [9.17, 15) is 4.79 Å². The highest BCUT2D eigenvalue weighted by Crippen LogP contribution is 2.21. The molecule has 2 heterocycles. The summed E-state index contributed by atoms with van der Waals surface area (Å²) >= 11 is 1.56. The fraction of sp³-hybridized carbons (Fsp3) is 0.429. The molecule has 0 spiro atoms. The van der Waals surface area contributed by atoms with Gasteiger partial charge in [-0.15, -0.1) is 0 Å². The second-order valence-corrected chi connectivity index (χ2v) is 5.70. The van der Waals surface area contributed by atoms with Crippen LogP contribution >= 0.6 is 11.8 Å². The molecule has 0 bridgehead atoms. The van der Waals surface area contributed by atoms with Gasteiger partial charge >= 0.3 is 0 Å². The van der Waals surface area contributed by atoms with Crippen LogP contribution in [0.2, 0.25) is 0 Å². The molecule has 0 amide bonds. The summed E-state index contributed by atoms with van der Waals surface area (Å²) in [6, 6.07) is 7.40. The Balaban J connectivity index is 1.75. The summed E-state index contributed by atoms with van der Waals surface area (Å²) in [7, 11) is 0. The molecule has 1 aromatic carbocycles. The molecule has 19 heavy (non-hydrogen) atoms. The van der Waals surface area contributed by atoms with Crippen molar-refractivity contribution >= 4 is 22.7 Å². The molecule has 3 rings (SSSR count). The van der Waals surface area contributed by atoms with Gasteiger partial charge in [-0.1, -0.05) is 23.9 Å². The monoisotopic (exact) mass is 276 g/mol. The first kappa shape index (κ1) is 12.7. The molecule has 1 aromatic heterocycles. The maximum Gasteiger partial charge on any atom is 0.259 e. The topological polar surface area (TPSA) is 55.0 Å². The summed E-state index contributed by atoms with van der Waals surface area (Å²) in [6.45, 7) is 0.854. The van der Waals surface area contributed by atoms with Gasteiger partial charge in [0.2, 0.25) is 0 Å². The average Bonchev–Trinajstić information content (AvgIpc) is 2.46. The Hall–Kier alpha value is -1.33. The van der Waals surface area contributed by atoms with Gasteiger partial charge in [-0.3, -0.25) is 4.79 Å².